The Bertz CT molecular complexity index is 308. The van der Waals surface area contributed by atoms with E-state index in [1.807, 2.05) is 30.3 Å². The molecule has 0 aromatic heterocycles. The molecule has 19 heavy (non-hydrogen) atoms. The molecule has 1 fully saturated rings. The molecule has 1 aromatic rings. The summed E-state index contributed by atoms with van der Waals surface area (Å²) in [4.78, 5) is 0. The summed E-state index contributed by atoms with van der Waals surface area (Å²) in [6, 6.07) is 9.31. The van der Waals surface area contributed by atoms with Crippen LogP contribution in [-0.2, 0) is 5.67 Å². The second kappa shape index (κ2) is 10.2. The highest BCUT2D eigenvalue weighted by atomic mass is 35.5. The van der Waals surface area contributed by atoms with E-state index >= 15 is 0 Å². The average molecular weight is 288 g/mol. The maximum Gasteiger partial charge on any atom is 0.160 e. The minimum absolute atomic E-state index is 0. The van der Waals surface area contributed by atoms with Crippen molar-refractivity contribution in [3.05, 3.63) is 35.9 Å². The standard InChI is InChI=1S/C9H10FN.C7H16.ClH/c10-9(6-11-7-9)8-4-2-1-3-5-8;1-3-5-7-6-4-2;/h1-5,11H,6-7H2;3-7H2,1-2H3;1H. The van der Waals surface area contributed by atoms with E-state index in [0.29, 0.717) is 13.1 Å². The lowest BCUT2D eigenvalue weighted by atomic mass is 9.90. The lowest BCUT2D eigenvalue weighted by Crippen LogP contribution is -2.53. The molecule has 1 nitrogen and oxygen atoms in total. The monoisotopic (exact) mass is 287 g/mol. The Labute approximate surface area is 123 Å². The number of unbranched alkanes of at least 4 members (excludes halogenated alkanes) is 4. The first-order valence-corrected chi connectivity index (χ1v) is 7.18. The van der Waals surface area contributed by atoms with Gasteiger partial charge in [-0.05, 0) is 5.56 Å². The Balaban J connectivity index is 0.000000360. The van der Waals surface area contributed by atoms with Gasteiger partial charge in [0.15, 0.2) is 5.67 Å². The minimum Gasteiger partial charge on any atom is -0.310 e. The first-order valence-electron chi connectivity index (χ1n) is 7.18. The van der Waals surface area contributed by atoms with Crippen LogP contribution in [-0.4, -0.2) is 13.1 Å². The van der Waals surface area contributed by atoms with Crippen LogP contribution in [0.5, 0.6) is 0 Å². The van der Waals surface area contributed by atoms with Gasteiger partial charge in [0.05, 0.1) is 0 Å². The molecular formula is C16H27ClFN. The summed E-state index contributed by atoms with van der Waals surface area (Å²) in [7, 11) is 0. The quantitative estimate of drug-likeness (QED) is 0.763. The van der Waals surface area contributed by atoms with Crippen molar-refractivity contribution in [2.45, 2.75) is 51.6 Å². The Morgan fingerprint density at radius 1 is 1.00 bits per heavy atom. The molecule has 0 amide bonds. The molecule has 0 atom stereocenters. The van der Waals surface area contributed by atoms with E-state index in [1.165, 1.54) is 32.1 Å². The minimum atomic E-state index is -1.10. The molecule has 1 aliphatic heterocycles. The molecule has 0 saturated carbocycles. The third-order valence-corrected chi connectivity index (χ3v) is 3.31. The van der Waals surface area contributed by atoms with Crippen LogP contribution in [0.1, 0.15) is 51.5 Å². The third kappa shape index (κ3) is 6.40. The van der Waals surface area contributed by atoms with Crippen molar-refractivity contribution >= 4 is 12.4 Å². The van der Waals surface area contributed by atoms with Crippen LogP contribution in [0.25, 0.3) is 0 Å². The molecule has 2 rings (SSSR count). The molecule has 0 spiro atoms. The van der Waals surface area contributed by atoms with Gasteiger partial charge in [-0.3, -0.25) is 0 Å². The molecule has 110 valence electrons. The zero-order chi connectivity index (χ0) is 13.3. The van der Waals surface area contributed by atoms with Crippen molar-refractivity contribution in [2.75, 3.05) is 13.1 Å². The summed E-state index contributed by atoms with van der Waals surface area (Å²) in [5.41, 5.74) is -0.305. The second-order valence-electron chi connectivity index (χ2n) is 5.00. The van der Waals surface area contributed by atoms with Crippen LogP contribution in [0, 0.1) is 0 Å². The molecular weight excluding hydrogens is 261 g/mol. The summed E-state index contributed by atoms with van der Waals surface area (Å²) >= 11 is 0. The average Bonchev–Trinajstić information content (AvgIpc) is 2.38. The van der Waals surface area contributed by atoms with Gasteiger partial charge in [-0.15, -0.1) is 12.4 Å². The van der Waals surface area contributed by atoms with Crippen LogP contribution < -0.4 is 5.32 Å². The Morgan fingerprint density at radius 2 is 1.53 bits per heavy atom. The normalized spacial score (nSPS) is 15.5. The van der Waals surface area contributed by atoms with E-state index < -0.39 is 5.67 Å². The second-order valence-corrected chi connectivity index (χ2v) is 5.00. The molecule has 1 saturated heterocycles. The fraction of sp³-hybridized carbons (Fsp3) is 0.625. The number of halogens is 2. The third-order valence-electron chi connectivity index (χ3n) is 3.31. The molecule has 3 heteroatoms. The highest BCUT2D eigenvalue weighted by Gasteiger charge is 2.38. The van der Waals surface area contributed by atoms with Crippen molar-refractivity contribution in [3.63, 3.8) is 0 Å². The lowest BCUT2D eigenvalue weighted by Gasteiger charge is -2.35. The molecule has 0 radical (unpaired) electrons. The van der Waals surface area contributed by atoms with Crippen molar-refractivity contribution in [2.24, 2.45) is 0 Å². The number of benzene rings is 1. The molecule has 0 unspecified atom stereocenters. The van der Waals surface area contributed by atoms with Crippen LogP contribution in [0.2, 0.25) is 0 Å². The van der Waals surface area contributed by atoms with Gasteiger partial charge in [0.1, 0.15) is 0 Å². The Morgan fingerprint density at radius 3 is 1.89 bits per heavy atom. The maximum absolute atomic E-state index is 13.6. The van der Waals surface area contributed by atoms with Gasteiger partial charge in [0, 0.05) is 13.1 Å². The molecule has 0 bridgehead atoms. The first kappa shape index (κ1) is 18.4. The van der Waals surface area contributed by atoms with E-state index in [1.54, 1.807) is 0 Å². The van der Waals surface area contributed by atoms with E-state index in [0.717, 1.165) is 5.56 Å². The predicted molar refractivity (Wildman–Crippen MR) is 83.8 cm³/mol. The smallest absolute Gasteiger partial charge is 0.160 e. The topological polar surface area (TPSA) is 12.0 Å². The fourth-order valence-corrected chi connectivity index (χ4v) is 1.96. The summed E-state index contributed by atoms with van der Waals surface area (Å²) < 4.78 is 13.6. The molecule has 1 aliphatic rings. The van der Waals surface area contributed by atoms with Crippen molar-refractivity contribution in [3.8, 4) is 0 Å². The highest BCUT2D eigenvalue weighted by Crippen LogP contribution is 2.29. The van der Waals surface area contributed by atoms with Gasteiger partial charge in [-0.2, -0.15) is 0 Å². The van der Waals surface area contributed by atoms with Gasteiger partial charge in [0.2, 0.25) is 0 Å². The molecule has 1 aromatic carbocycles. The van der Waals surface area contributed by atoms with Crippen molar-refractivity contribution in [1.82, 2.24) is 5.32 Å². The largest absolute Gasteiger partial charge is 0.310 e. The highest BCUT2D eigenvalue weighted by molar-refractivity contribution is 5.85. The number of alkyl halides is 1. The van der Waals surface area contributed by atoms with E-state index in [9.17, 15) is 4.39 Å². The van der Waals surface area contributed by atoms with E-state index in [-0.39, 0.29) is 12.4 Å². The van der Waals surface area contributed by atoms with Crippen LogP contribution in [0.3, 0.4) is 0 Å². The van der Waals surface area contributed by atoms with Gasteiger partial charge in [-0.1, -0.05) is 76.3 Å². The molecule has 1 heterocycles. The van der Waals surface area contributed by atoms with E-state index in [2.05, 4.69) is 19.2 Å². The molecule has 0 aliphatic carbocycles. The van der Waals surface area contributed by atoms with Gasteiger partial charge >= 0.3 is 0 Å². The number of hydrogen-bond acceptors (Lipinski definition) is 1. The van der Waals surface area contributed by atoms with Gasteiger partial charge in [0.25, 0.3) is 0 Å². The van der Waals surface area contributed by atoms with E-state index in [4.69, 9.17) is 0 Å². The zero-order valence-electron chi connectivity index (χ0n) is 12.1. The lowest BCUT2D eigenvalue weighted by molar-refractivity contribution is 0.0892. The van der Waals surface area contributed by atoms with Gasteiger partial charge < -0.3 is 5.32 Å². The van der Waals surface area contributed by atoms with Crippen LogP contribution >= 0.6 is 12.4 Å². The summed E-state index contributed by atoms with van der Waals surface area (Å²) in [5, 5.41) is 2.93. The maximum atomic E-state index is 13.6. The fourth-order valence-electron chi connectivity index (χ4n) is 1.96. The Hall–Kier alpha value is -0.600. The SMILES string of the molecule is CCCCCCC.Cl.FC1(c2ccccc2)CNC1. The van der Waals surface area contributed by atoms with Crippen LogP contribution in [0.15, 0.2) is 30.3 Å². The van der Waals surface area contributed by atoms with Crippen molar-refractivity contribution in [1.29, 1.82) is 0 Å². The molecule has 1 N–H and O–H groups in total. The van der Waals surface area contributed by atoms with Gasteiger partial charge in [-0.25, -0.2) is 4.39 Å². The summed E-state index contributed by atoms with van der Waals surface area (Å²) in [6.07, 6.45) is 7.01. The summed E-state index contributed by atoms with van der Waals surface area (Å²) in [6.45, 7) is 5.40. The van der Waals surface area contributed by atoms with Crippen molar-refractivity contribution < 1.29 is 4.39 Å². The zero-order valence-corrected chi connectivity index (χ0v) is 12.9. The predicted octanol–water partition coefficient (Wildman–Crippen LogP) is 4.85. The number of nitrogens with one attached hydrogen (secondary N) is 1. The summed E-state index contributed by atoms with van der Waals surface area (Å²) in [5.74, 6) is 0. The number of hydrogen-bond donors (Lipinski definition) is 1. The van der Waals surface area contributed by atoms with Crippen LogP contribution in [0.4, 0.5) is 4.39 Å². The first-order chi connectivity index (χ1) is 8.73. The Kier molecular flexibility index (Phi) is 9.90. The number of rotatable bonds is 5.